The summed E-state index contributed by atoms with van der Waals surface area (Å²) in [5.74, 6) is -1.39. The van der Waals surface area contributed by atoms with E-state index in [1.165, 1.54) is 0 Å². The number of nitrogens with zero attached hydrogens (tertiary/aromatic N) is 1. The lowest BCUT2D eigenvalue weighted by molar-refractivity contribution is -0.154. The van der Waals surface area contributed by atoms with Crippen molar-refractivity contribution in [2.75, 3.05) is 5.32 Å². The van der Waals surface area contributed by atoms with Crippen LogP contribution in [0.3, 0.4) is 0 Å². The Bertz CT molecular complexity index is 953. The standard InChI is InChI=1S/C23H25BrN2O3/c1-22(2)17(12-13-23(22,3)21(28)29)20(27)26-19-7-5-4-6-18(19)25-14-15-8-10-16(24)11-9-15/h4-11,14,17H,12-13H2,1-3H3,(H,26,27)(H,28,29)/t17-,23-/m1/s1. The monoisotopic (exact) mass is 456 g/mol. The third kappa shape index (κ3) is 4.13. The van der Waals surface area contributed by atoms with Crippen molar-refractivity contribution >= 4 is 45.4 Å². The predicted octanol–water partition coefficient (Wildman–Crippen LogP) is 5.67. The van der Waals surface area contributed by atoms with Crippen LogP contribution >= 0.6 is 15.9 Å². The van der Waals surface area contributed by atoms with E-state index in [9.17, 15) is 14.7 Å². The Morgan fingerprint density at radius 3 is 2.41 bits per heavy atom. The maximum absolute atomic E-state index is 13.0. The van der Waals surface area contributed by atoms with Gasteiger partial charge in [0, 0.05) is 16.6 Å². The van der Waals surface area contributed by atoms with E-state index in [0.717, 1.165) is 10.0 Å². The fourth-order valence-corrected chi connectivity index (χ4v) is 4.21. The molecule has 3 rings (SSSR count). The summed E-state index contributed by atoms with van der Waals surface area (Å²) in [5.41, 5.74) is 0.641. The third-order valence-corrected chi connectivity index (χ3v) is 6.93. The summed E-state index contributed by atoms with van der Waals surface area (Å²) >= 11 is 3.41. The minimum absolute atomic E-state index is 0.161. The van der Waals surface area contributed by atoms with Gasteiger partial charge in [-0.05, 0) is 55.0 Å². The summed E-state index contributed by atoms with van der Waals surface area (Å²) in [4.78, 5) is 29.4. The van der Waals surface area contributed by atoms with Crippen LogP contribution in [0.15, 0.2) is 58.0 Å². The van der Waals surface area contributed by atoms with Gasteiger partial charge in [-0.25, -0.2) is 0 Å². The van der Waals surface area contributed by atoms with Gasteiger partial charge in [0.25, 0.3) is 0 Å². The number of amides is 1. The molecule has 2 atom stereocenters. The van der Waals surface area contributed by atoms with E-state index in [4.69, 9.17) is 0 Å². The molecular formula is C23H25BrN2O3. The number of nitrogens with one attached hydrogen (secondary N) is 1. The van der Waals surface area contributed by atoms with E-state index in [0.29, 0.717) is 24.2 Å². The van der Waals surface area contributed by atoms with Gasteiger partial charge in [0.2, 0.25) is 5.91 Å². The lowest BCUT2D eigenvalue weighted by Gasteiger charge is -2.37. The highest BCUT2D eigenvalue weighted by Crippen LogP contribution is 2.56. The second kappa shape index (κ2) is 8.11. The molecule has 0 saturated heterocycles. The molecule has 29 heavy (non-hydrogen) atoms. The number of carboxylic acid groups (broad SMARTS) is 1. The molecule has 1 fully saturated rings. The van der Waals surface area contributed by atoms with Gasteiger partial charge in [0.1, 0.15) is 0 Å². The van der Waals surface area contributed by atoms with Gasteiger partial charge in [0.05, 0.1) is 16.8 Å². The number of carbonyl (C=O) groups is 2. The normalized spacial score (nSPS) is 23.2. The van der Waals surface area contributed by atoms with Gasteiger partial charge in [-0.1, -0.05) is 54.0 Å². The zero-order chi connectivity index (χ0) is 21.2. The molecule has 0 unspecified atom stereocenters. The second-order valence-corrected chi connectivity index (χ2v) is 9.18. The average Bonchev–Trinajstić information content (AvgIpc) is 2.93. The van der Waals surface area contributed by atoms with Crippen LogP contribution < -0.4 is 5.32 Å². The molecule has 1 aliphatic carbocycles. The van der Waals surface area contributed by atoms with Crippen molar-refractivity contribution in [3.63, 3.8) is 0 Å². The third-order valence-electron chi connectivity index (χ3n) is 6.40. The number of anilines is 1. The lowest BCUT2D eigenvalue weighted by Crippen LogP contribution is -2.43. The Hall–Kier alpha value is -2.47. The number of benzene rings is 2. The summed E-state index contributed by atoms with van der Waals surface area (Å²) < 4.78 is 0.995. The van der Waals surface area contributed by atoms with E-state index in [1.54, 1.807) is 13.1 Å². The van der Waals surface area contributed by atoms with E-state index >= 15 is 0 Å². The summed E-state index contributed by atoms with van der Waals surface area (Å²) in [6.07, 6.45) is 2.78. The topological polar surface area (TPSA) is 78.8 Å². The molecule has 0 aromatic heterocycles. The molecule has 1 aliphatic rings. The lowest BCUT2D eigenvalue weighted by atomic mass is 9.65. The Balaban J connectivity index is 1.80. The summed E-state index contributed by atoms with van der Waals surface area (Å²) in [7, 11) is 0. The molecule has 5 nitrogen and oxygen atoms in total. The van der Waals surface area contributed by atoms with Crippen LogP contribution in [-0.2, 0) is 9.59 Å². The zero-order valence-corrected chi connectivity index (χ0v) is 18.4. The van der Waals surface area contributed by atoms with Crippen molar-refractivity contribution in [1.29, 1.82) is 0 Å². The molecular weight excluding hydrogens is 432 g/mol. The van der Waals surface area contributed by atoms with E-state index in [1.807, 2.05) is 62.4 Å². The maximum Gasteiger partial charge on any atom is 0.309 e. The fourth-order valence-electron chi connectivity index (χ4n) is 3.95. The Labute approximate surface area is 179 Å². The predicted molar refractivity (Wildman–Crippen MR) is 119 cm³/mol. The number of para-hydroxylation sites is 2. The van der Waals surface area contributed by atoms with Gasteiger partial charge >= 0.3 is 5.97 Å². The van der Waals surface area contributed by atoms with E-state index < -0.39 is 16.8 Å². The smallest absolute Gasteiger partial charge is 0.309 e. The number of hydrogen-bond acceptors (Lipinski definition) is 3. The van der Waals surface area contributed by atoms with Crippen molar-refractivity contribution < 1.29 is 14.7 Å². The minimum Gasteiger partial charge on any atom is -0.481 e. The van der Waals surface area contributed by atoms with Crippen LogP contribution in [0.4, 0.5) is 11.4 Å². The van der Waals surface area contributed by atoms with Crippen LogP contribution in [0.5, 0.6) is 0 Å². The highest BCUT2D eigenvalue weighted by molar-refractivity contribution is 9.10. The molecule has 152 valence electrons. The van der Waals surface area contributed by atoms with Gasteiger partial charge in [0.15, 0.2) is 0 Å². The number of aliphatic carboxylic acids is 1. The Kier molecular flexibility index (Phi) is 5.94. The first-order valence-corrected chi connectivity index (χ1v) is 10.4. The molecule has 6 heteroatoms. The summed E-state index contributed by atoms with van der Waals surface area (Å²) in [5, 5.41) is 12.7. The van der Waals surface area contributed by atoms with E-state index in [2.05, 4.69) is 26.2 Å². The van der Waals surface area contributed by atoms with Gasteiger partial charge in [-0.15, -0.1) is 0 Å². The molecule has 0 radical (unpaired) electrons. The number of halogens is 1. The molecule has 1 amide bonds. The molecule has 0 spiro atoms. The van der Waals surface area contributed by atoms with Crippen LogP contribution in [0, 0.1) is 16.7 Å². The first kappa shape index (κ1) is 21.2. The van der Waals surface area contributed by atoms with Gasteiger partial charge < -0.3 is 10.4 Å². The molecule has 1 saturated carbocycles. The number of rotatable bonds is 5. The van der Waals surface area contributed by atoms with Crippen molar-refractivity contribution in [3.8, 4) is 0 Å². The van der Waals surface area contributed by atoms with Crippen LogP contribution in [0.25, 0.3) is 0 Å². The van der Waals surface area contributed by atoms with Crippen molar-refractivity contribution in [2.45, 2.75) is 33.6 Å². The molecule has 0 heterocycles. The number of hydrogen-bond donors (Lipinski definition) is 2. The molecule has 2 aromatic carbocycles. The maximum atomic E-state index is 13.0. The van der Waals surface area contributed by atoms with Crippen LogP contribution in [0.2, 0.25) is 0 Å². The SMILES string of the molecule is CC1(C)[C@@H](C(=O)Nc2ccccc2N=Cc2ccc(Br)cc2)CC[C@]1(C)C(=O)O. The van der Waals surface area contributed by atoms with Gasteiger partial charge in [-0.3, -0.25) is 14.6 Å². The molecule has 2 N–H and O–H groups in total. The minimum atomic E-state index is -0.922. The van der Waals surface area contributed by atoms with Crippen molar-refractivity contribution in [2.24, 2.45) is 21.7 Å². The molecule has 0 aliphatic heterocycles. The Morgan fingerprint density at radius 2 is 1.79 bits per heavy atom. The molecule has 2 aromatic rings. The highest BCUT2D eigenvalue weighted by atomic mass is 79.9. The first-order valence-electron chi connectivity index (χ1n) is 9.58. The van der Waals surface area contributed by atoms with Crippen molar-refractivity contribution in [3.05, 3.63) is 58.6 Å². The summed E-state index contributed by atoms with van der Waals surface area (Å²) in [6, 6.07) is 15.1. The quantitative estimate of drug-likeness (QED) is 0.569. The second-order valence-electron chi connectivity index (χ2n) is 8.27. The largest absolute Gasteiger partial charge is 0.481 e. The fraction of sp³-hybridized carbons (Fsp3) is 0.348. The zero-order valence-electron chi connectivity index (χ0n) is 16.8. The number of aliphatic imine (C=N–C) groups is 1. The number of carboxylic acids is 1. The van der Waals surface area contributed by atoms with E-state index in [-0.39, 0.29) is 11.8 Å². The highest BCUT2D eigenvalue weighted by Gasteiger charge is 2.58. The van der Waals surface area contributed by atoms with Crippen molar-refractivity contribution in [1.82, 2.24) is 0 Å². The Morgan fingerprint density at radius 1 is 1.14 bits per heavy atom. The van der Waals surface area contributed by atoms with Crippen LogP contribution in [0.1, 0.15) is 39.2 Å². The number of carbonyl (C=O) groups excluding carboxylic acids is 1. The molecule has 0 bridgehead atoms. The first-order chi connectivity index (χ1) is 13.6. The average molecular weight is 457 g/mol. The van der Waals surface area contributed by atoms with Gasteiger partial charge in [-0.2, -0.15) is 0 Å². The summed E-state index contributed by atoms with van der Waals surface area (Å²) in [6.45, 7) is 5.48. The van der Waals surface area contributed by atoms with Crippen LogP contribution in [-0.4, -0.2) is 23.2 Å².